The van der Waals surface area contributed by atoms with Gasteiger partial charge in [-0.05, 0) is 49.1 Å². The lowest BCUT2D eigenvalue weighted by molar-refractivity contribution is -0.0429. The highest BCUT2D eigenvalue weighted by atomic mass is 32.2. The second kappa shape index (κ2) is 7.29. The molecule has 3 unspecified atom stereocenters. The van der Waals surface area contributed by atoms with Gasteiger partial charge in [0.1, 0.15) is 0 Å². The zero-order chi connectivity index (χ0) is 20.8. The Labute approximate surface area is 169 Å². The van der Waals surface area contributed by atoms with Gasteiger partial charge < -0.3 is 10.6 Å². The van der Waals surface area contributed by atoms with E-state index in [1.54, 1.807) is 12.1 Å². The minimum absolute atomic E-state index is 0.132. The molecule has 3 atom stereocenters. The number of alkyl halides is 3. The Kier molecular flexibility index (Phi) is 5.07. The van der Waals surface area contributed by atoms with E-state index in [0.717, 1.165) is 24.1 Å². The lowest BCUT2D eigenvalue weighted by atomic mass is 9.95. The molecule has 29 heavy (non-hydrogen) atoms. The fourth-order valence-corrected chi connectivity index (χ4v) is 5.23. The summed E-state index contributed by atoms with van der Waals surface area (Å²) in [6.07, 6.45) is 3.15. The number of carbonyl (C=O) groups is 1. The molecule has 2 bridgehead atoms. The number of anilines is 1. The molecule has 0 saturated carbocycles. The molecule has 4 rings (SSSR count). The number of amides is 1. The van der Waals surface area contributed by atoms with E-state index in [2.05, 4.69) is 10.6 Å². The standard InChI is InChI=1S/C18H18F3N3O3S2/c19-18(20,21)29(26,27)24-11-3-1-10(2-4-11)15-7-8-16(28-15)17(25)23-14-9-12-5-6-13(14)22-12/h1-4,7-8,12-14,22,24H,5-6,9H2,(H,23,25). The molecule has 1 amide bonds. The van der Waals surface area contributed by atoms with Crippen LogP contribution in [0, 0.1) is 0 Å². The van der Waals surface area contributed by atoms with Crippen molar-refractivity contribution in [1.82, 2.24) is 10.6 Å². The zero-order valence-corrected chi connectivity index (χ0v) is 16.6. The van der Waals surface area contributed by atoms with Crippen LogP contribution in [-0.2, 0) is 10.0 Å². The quantitative estimate of drug-likeness (QED) is 0.659. The van der Waals surface area contributed by atoms with Crippen LogP contribution >= 0.6 is 11.3 Å². The van der Waals surface area contributed by atoms with Gasteiger partial charge in [0, 0.05) is 28.7 Å². The number of rotatable bonds is 5. The van der Waals surface area contributed by atoms with Gasteiger partial charge in [-0.2, -0.15) is 21.6 Å². The average Bonchev–Trinajstić information content (AvgIpc) is 3.38. The maximum absolute atomic E-state index is 12.5. The third-order valence-electron chi connectivity index (χ3n) is 5.17. The Morgan fingerprint density at radius 3 is 2.41 bits per heavy atom. The molecule has 3 heterocycles. The van der Waals surface area contributed by atoms with Gasteiger partial charge in [0.05, 0.1) is 4.88 Å². The summed E-state index contributed by atoms with van der Waals surface area (Å²) >= 11 is 1.27. The van der Waals surface area contributed by atoms with E-state index in [1.165, 1.54) is 40.3 Å². The number of thiophene rings is 1. The molecule has 0 radical (unpaired) electrons. The molecular formula is C18H18F3N3O3S2. The first-order chi connectivity index (χ1) is 13.6. The molecule has 3 N–H and O–H groups in total. The number of carbonyl (C=O) groups excluding carboxylic acids is 1. The normalized spacial score (nSPS) is 23.9. The fourth-order valence-electron chi connectivity index (χ4n) is 3.75. The Morgan fingerprint density at radius 2 is 1.83 bits per heavy atom. The van der Waals surface area contributed by atoms with Gasteiger partial charge in [-0.25, -0.2) is 0 Å². The topological polar surface area (TPSA) is 87.3 Å². The molecule has 2 fully saturated rings. The molecule has 2 aliphatic rings. The van der Waals surface area contributed by atoms with E-state index in [0.29, 0.717) is 22.5 Å². The zero-order valence-electron chi connectivity index (χ0n) is 15.0. The number of nitrogens with one attached hydrogen (secondary N) is 3. The van der Waals surface area contributed by atoms with E-state index >= 15 is 0 Å². The summed E-state index contributed by atoms with van der Waals surface area (Å²) in [7, 11) is -5.46. The summed E-state index contributed by atoms with van der Waals surface area (Å²) in [4.78, 5) is 13.8. The van der Waals surface area contributed by atoms with Crippen molar-refractivity contribution < 1.29 is 26.4 Å². The smallest absolute Gasteiger partial charge is 0.347 e. The van der Waals surface area contributed by atoms with Gasteiger partial charge in [-0.1, -0.05) is 12.1 Å². The van der Waals surface area contributed by atoms with E-state index < -0.39 is 15.5 Å². The molecule has 0 spiro atoms. The third kappa shape index (κ3) is 4.12. The predicted molar refractivity (Wildman–Crippen MR) is 104 cm³/mol. The van der Waals surface area contributed by atoms with Crippen LogP contribution in [0.15, 0.2) is 36.4 Å². The first kappa shape index (κ1) is 20.2. The molecule has 2 aromatic rings. The van der Waals surface area contributed by atoms with Crippen LogP contribution in [0.5, 0.6) is 0 Å². The van der Waals surface area contributed by atoms with Crippen LogP contribution in [0.3, 0.4) is 0 Å². The number of sulfonamides is 1. The Bertz CT molecular complexity index is 1020. The van der Waals surface area contributed by atoms with Crippen molar-refractivity contribution in [2.24, 2.45) is 0 Å². The number of hydrogen-bond donors (Lipinski definition) is 3. The molecule has 0 aliphatic carbocycles. The van der Waals surface area contributed by atoms with Crippen molar-refractivity contribution in [3.63, 3.8) is 0 Å². The molecule has 6 nitrogen and oxygen atoms in total. The van der Waals surface area contributed by atoms with Crippen molar-refractivity contribution in [3.05, 3.63) is 41.3 Å². The highest BCUT2D eigenvalue weighted by molar-refractivity contribution is 7.93. The molecule has 156 valence electrons. The molecular weight excluding hydrogens is 427 g/mol. The SMILES string of the molecule is O=C(NC1CC2CCC1N2)c1ccc(-c2ccc(NS(=O)(=O)C(F)(F)F)cc2)s1. The second-order valence-corrected chi connectivity index (χ2v) is 9.91. The summed E-state index contributed by atoms with van der Waals surface area (Å²) in [6, 6.07) is 9.91. The molecule has 2 saturated heterocycles. The van der Waals surface area contributed by atoms with Crippen molar-refractivity contribution in [1.29, 1.82) is 0 Å². The van der Waals surface area contributed by atoms with Crippen LogP contribution < -0.4 is 15.4 Å². The average molecular weight is 445 g/mol. The van der Waals surface area contributed by atoms with E-state index in [9.17, 15) is 26.4 Å². The van der Waals surface area contributed by atoms with Crippen molar-refractivity contribution in [2.45, 2.75) is 42.9 Å². The van der Waals surface area contributed by atoms with Crippen molar-refractivity contribution in [2.75, 3.05) is 4.72 Å². The maximum atomic E-state index is 12.5. The van der Waals surface area contributed by atoms with Crippen LogP contribution in [0.25, 0.3) is 10.4 Å². The number of hydrogen-bond acceptors (Lipinski definition) is 5. The summed E-state index contributed by atoms with van der Waals surface area (Å²) in [6.45, 7) is 0. The van der Waals surface area contributed by atoms with Gasteiger partial charge in [0.15, 0.2) is 0 Å². The minimum Gasteiger partial charge on any atom is -0.347 e. The molecule has 1 aromatic carbocycles. The van der Waals surface area contributed by atoms with E-state index in [4.69, 9.17) is 0 Å². The summed E-state index contributed by atoms with van der Waals surface area (Å²) in [5, 5.41) is 6.53. The molecule has 2 aliphatic heterocycles. The number of benzene rings is 1. The van der Waals surface area contributed by atoms with E-state index in [1.807, 2.05) is 0 Å². The van der Waals surface area contributed by atoms with Gasteiger partial charge >= 0.3 is 15.5 Å². The molecule has 11 heteroatoms. The van der Waals surface area contributed by atoms with Gasteiger partial charge in [-0.3, -0.25) is 9.52 Å². The van der Waals surface area contributed by atoms with Crippen LogP contribution in [-0.4, -0.2) is 38.0 Å². The number of halogens is 3. The Morgan fingerprint density at radius 1 is 1.10 bits per heavy atom. The van der Waals surface area contributed by atoms with Crippen LogP contribution in [0.2, 0.25) is 0 Å². The summed E-state index contributed by atoms with van der Waals surface area (Å²) in [5.74, 6) is -0.143. The Balaban J connectivity index is 1.42. The first-order valence-corrected chi connectivity index (χ1v) is 11.3. The monoisotopic (exact) mass is 445 g/mol. The van der Waals surface area contributed by atoms with E-state index in [-0.39, 0.29) is 17.6 Å². The fraction of sp³-hybridized carbons (Fsp3) is 0.389. The lowest BCUT2D eigenvalue weighted by Gasteiger charge is -2.20. The maximum Gasteiger partial charge on any atom is 0.516 e. The largest absolute Gasteiger partial charge is 0.516 e. The van der Waals surface area contributed by atoms with Crippen LogP contribution in [0.4, 0.5) is 18.9 Å². The highest BCUT2D eigenvalue weighted by Crippen LogP contribution is 2.32. The van der Waals surface area contributed by atoms with Crippen molar-refractivity contribution >= 4 is 33.0 Å². The second-order valence-electron chi connectivity index (χ2n) is 7.16. The third-order valence-corrected chi connectivity index (χ3v) is 7.42. The van der Waals surface area contributed by atoms with Crippen molar-refractivity contribution in [3.8, 4) is 10.4 Å². The van der Waals surface area contributed by atoms with Gasteiger partial charge in [-0.15, -0.1) is 11.3 Å². The summed E-state index contributed by atoms with van der Waals surface area (Å²) < 4.78 is 61.2. The Hall–Kier alpha value is -2.11. The number of fused-ring (bicyclic) bond motifs is 2. The minimum atomic E-state index is -5.46. The lowest BCUT2D eigenvalue weighted by Crippen LogP contribution is -2.42. The predicted octanol–water partition coefficient (Wildman–Crippen LogP) is 3.30. The summed E-state index contributed by atoms with van der Waals surface area (Å²) in [5.41, 5.74) is -4.90. The van der Waals surface area contributed by atoms with Crippen LogP contribution in [0.1, 0.15) is 28.9 Å². The highest BCUT2D eigenvalue weighted by Gasteiger charge is 2.46. The van der Waals surface area contributed by atoms with Gasteiger partial charge in [0.2, 0.25) is 0 Å². The molecule has 1 aromatic heterocycles. The first-order valence-electron chi connectivity index (χ1n) is 8.99. The van der Waals surface area contributed by atoms with Gasteiger partial charge in [0.25, 0.3) is 5.91 Å².